The fraction of sp³-hybridized carbons (Fsp3) is 0.727. The molecule has 0 aliphatic heterocycles. The SMILES string of the molecule is CCCCCCCCCCCCC(CCCS(N)(=O)=O)S(=O)(=O)Oc1ccccc1. The number of nitrogens with two attached hydrogens (primary N) is 1. The fourth-order valence-electron chi connectivity index (χ4n) is 3.48. The quantitative estimate of drug-likeness (QED) is 0.241. The average Bonchev–Trinajstić information content (AvgIpc) is 2.67. The Labute approximate surface area is 183 Å². The number of benzene rings is 1. The molecule has 0 heterocycles. The van der Waals surface area contributed by atoms with Crippen LogP contribution in [0.25, 0.3) is 0 Å². The van der Waals surface area contributed by atoms with Crippen molar-refractivity contribution in [1.82, 2.24) is 0 Å². The predicted molar refractivity (Wildman–Crippen MR) is 123 cm³/mol. The van der Waals surface area contributed by atoms with Gasteiger partial charge >= 0.3 is 10.1 Å². The molecule has 1 aromatic carbocycles. The van der Waals surface area contributed by atoms with Gasteiger partial charge in [-0.25, -0.2) is 13.6 Å². The molecule has 0 saturated carbocycles. The molecule has 1 unspecified atom stereocenters. The van der Waals surface area contributed by atoms with Crippen LogP contribution in [0.1, 0.15) is 90.4 Å². The average molecular weight is 462 g/mol. The number of unbranched alkanes of at least 4 members (excludes halogenated alkanes) is 9. The summed E-state index contributed by atoms with van der Waals surface area (Å²) >= 11 is 0. The van der Waals surface area contributed by atoms with Gasteiger partial charge in [-0.3, -0.25) is 0 Å². The van der Waals surface area contributed by atoms with Crippen molar-refractivity contribution in [3.63, 3.8) is 0 Å². The van der Waals surface area contributed by atoms with Crippen LogP contribution in [-0.2, 0) is 20.1 Å². The molecule has 6 nitrogen and oxygen atoms in total. The minimum absolute atomic E-state index is 0.207. The van der Waals surface area contributed by atoms with Crippen molar-refractivity contribution in [2.24, 2.45) is 5.14 Å². The molecule has 0 aliphatic carbocycles. The van der Waals surface area contributed by atoms with E-state index in [2.05, 4.69) is 6.92 Å². The summed E-state index contributed by atoms with van der Waals surface area (Å²) in [5, 5.41) is 4.32. The van der Waals surface area contributed by atoms with Crippen molar-refractivity contribution in [3.05, 3.63) is 30.3 Å². The normalized spacial score (nSPS) is 13.3. The molecule has 0 spiro atoms. The van der Waals surface area contributed by atoms with Gasteiger partial charge in [-0.15, -0.1) is 0 Å². The summed E-state index contributed by atoms with van der Waals surface area (Å²) in [6.45, 7) is 2.22. The van der Waals surface area contributed by atoms with E-state index in [1.807, 2.05) is 0 Å². The van der Waals surface area contributed by atoms with E-state index >= 15 is 0 Å². The van der Waals surface area contributed by atoms with Crippen molar-refractivity contribution >= 4 is 20.1 Å². The molecule has 0 bridgehead atoms. The Hall–Kier alpha value is -1.12. The van der Waals surface area contributed by atoms with E-state index in [0.717, 1.165) is 19.3 Å². The zero-order valence-corrected chi connectivity index (χ0v) is 19.9. The van der Waals surface area contributed by atoms with Crippen molar-refractivity contribution < 1.29 is 21.0 Å². The number of primary sulfonamides is 1. The van der Waals surface area contributed by atoms with E-state index in [9.17, 15) is 16.8 Å². The molecular weight excluding hydrogens is 422 g/mol. The molecule has 2 N–H and O–H groups in total. The van der Waals surface area contributed by atoms with Crippen LogP contribution < -0.4 is 9.32 Å². The highest BCUT2D eigenvalue weighted by Crippen LogP contribution is 2.22. The molecule has 1 rings (SSSR count). The second kappa shape index (κ2) is 14.8. The maximum absolute atomic E-state index is 12.7. The molecule has 0 aliphatic rings. The summed E-state index contributed by atoms with van der Waals surface area (Å²) < 4.78 is 53.2. The van der Waals surface area contributed by atoms with E-state index in [0.29, 0.717) is 6.42 Å². The predicted octanol–water partition coefficient (Wildman–Crippen LogP) is 5.14. The maximum atomic E-state index is 12.7. The maximum Gasteiger partial charge on any atom is 0.312 e. The van der Waals surface area contributed by atoms with Crippen molar-refractivity contribution in [2.45, 2.75) is 95.6 Å². The first kappa shape index (κ1) is 26.9. The van der Waals surface area contributed by atoms with E-state index in [4.69, 9.17) is 9.32 Å². The Kier molecular flexibility index (Phi) is 13.3. The third-order valence-corrected chi connectivity index (χ3v) is 7.77. The van der Waals surface area contributed by atoms with Crippen LogP contribution in [0.3, 0.4) is 0 Å². The summed E-state index contributed by atoms with van der Waals surface area (Å²) in [7, 11) is -7.44. The van der Waals surface area contributed by atoms with Crippen LogP contribution in [0, 0.1) is 0 Å². The van der Waals surface area contributed by atoms with Crippen LogP contribution in [-0.4, -0.2) is 27.8 Å². The number of para-hydroxylation sites is 1. The monoisotopic (exact) mass is 461 g/mol. The number of hydrogen-bond acceptors (Lipinski definition) is 5. The largest absolute Gasteiger partial charge is 0.382 e. The van der Waals surface area contributed by atoms with Gasteiger partial charge < -0.3 is 4.18 Å². The third kappa shape index (κ3) is 13.2. The highest BCUT2D eigenvalue weighted by molar-refractivity contribution is 7.89. The van der Waals surface area contributed by atoms with Crippen LogP contribution in [0.5, 0.6) is 5.75 Å². The second-order valence-corrected chi connectivity index (χ2v) is 11.5. The van der Waals surface area contributed by atoms with E-state index < -0.39 is 25.4 Å². The molecule has 0 saturated heterocycles. The van der Waals surface area contributed by atoms with Gasteiger partial charge in [0, 0.05) is 0 Å². The first-order valence-electron chi connectivity index (χ1n) is 11.2. The van der Waals surface area contributed by atoms with Crippen molar-refractivity contribution in [3.8, 4) is 5.75 Å². The summed E-state index contributed by atoms with van der Waals surface area (Å²) in [5.41, 5.74) is 0. The lowest BCUT2D eigenvalue weighted by Gasteiger charge is -2.18. The van der Waals surface area contributed by atoms with Crippen LogP contribution in [0.15, 0.2) is 30.3 Å². The Morgan fingerprint density at radius 3 is 1.80 bits per heavy atom. The second-order valence-electron chi connectivity index (χ2n) is 7.99. The fourth-order valence-corrected chi connectivity index (χ4v) is 5.48. The van der Waals surface area contributed by atoms with Crippen molar-refractivity contribution in [1.29, 1.82) is 0 Å². The van der Waals surface area contributed by atoms with Crippen molar-refractivity contribution in [2.75, 3.05) is 5.75 Å². The molecule has 0 fully saturated rings. The first-order valence-corrected chi connectivity index (χ1v) is 14.4. The lowest BCUT2D eigenvalue weighted by atomic mass is 10.0. The van der Waals surface area contributed by atoms with E-state index in [-0.39, 0.29) is 24.3 Å². The van der Waals surface area contributed by atoms with Crippen LogP contribution >= 0.6 is 0 Å². The lowest BCUT2D eigenvalue weighted by molar-refractivity contribution is 0.451. The molecule has 1 atom stereocenters. The molecule has 8 heteroatoms. The molecule has 0 radical (unpaired) electrons. The Balaban J connectivity index is 2.45. The standard InChI is InChI=1S/C22H39NO5S2/c1-2-3-4-5-6-7-8-9-10-14-18-22(19-15-20-29(23,24)25)30(26,27)28-21-16-12-11-13-17-21/h11-13,16-17,22H,2-10,14-15,18-20H2,1H3,(H2,23,24,25). The van der Waals surface area contributed by atoms with Gasteiger partial charge in [-0.05, 0) is 31.4 Å². The van der Waals surface area contributed by atoms with E-state index in [1.54, 1.807) is 30.3 Å². The summed E-state index contributed by atoms with van der Waals surface area (Å²) in [5.74, 6) is 0.0552. The van der Waals surface area contributed by atoms with Crippen LogP contribution in [0.4, 0.5) is 0 Å². The van der Waals surface area contributed by atoms with Gasteiger partial charge in [0.15, 0.2) is 0 Å². The summed E-state index contributed by atoms with van der Waals surface area (Å²) in [6, 6.07) is 8.40. The zero-order valence-electron chi connectivity index (χ0n) is 18.3. The zero-order chi connectivity index (χ0) is 22.3. The Morgan fingerprint density at radius 1 is 0.767 bits per heavy atom. The minimum atomic E-state index is -3.84. The van der Waals surface area contributed by atoms with Gasteiger partial charge in [-0.1, -0.05) is 89.3 Å². The van der Waals surface area contributed by atoms with Gasteiger partial charge in [0.05, 0.1) is 11.0 Å². The highest BCUT2D eigenvalue weighted by atomic mass is 32.2. The number of hydrogen-bond donors (Lipinski definition) is 1. The Bertz CT molecular complexity index is 764. The lowest BCUT2D eigenvalue weighted by Crippen LogP contribution is -2.27. The first-order chi connectivity index (χ1) is 14.2. The molecule has 0 amide bonds. The van der Waals surface area contributed by atoms with Gasteiger partial charge in [0.25, 0.3) is 0 Å². The van der Waals surface area contributed by atoms with Gasteiger partial charge in [-0.2, -0.15) is 8.42 Å². The third-order valence-electron chi connectivity index (χ3n) is 5.20. The van der Waals surface area contributed by atoms with Gasteiger partial charge in [0.1, 0.15) is 5.75 Å². The van der Waals surface area contributed by atoms with Crippen LogP contribution in [0.2, 0.25) is 0 Å². The summed E-state index contributed by atoms with van der Waals surface area (Å²) in [4.78, 5) is 0. The smallest absolute Gasteiger partial charge is 0.312 e. The molecule has 0 aromatic heterocycles. The molecular formula is C22H39NO5S2. The molecule has 1 aromatic rings. The highest BCUT2D eigenvalue weighted by Gasteiger charge is 2.27. The summed E-state index contributed by atoms with van der Waals surface area (Å²) in [6.07, 6.45) is 12.6. The topological polar surface area (TPSA) is 104 Å². The van der Waals surface area contributed by atoms with Gasteiger partial charge in [0.2, 0.25) is 10.0 Å². The number of sulfonamides is 1. The van der Waals surface area contributed by atoms with E-state index in [1.165, 1.54) is 44.9 Å². The minimum Gasteiger partial charge on any atom is -0.382 e. The number of rotatable bonds is 18. The molecule has 174 valence electrons. The Morgan fingerprint density at radius 2 is 1.27 bits per heavy atom. The molecule has 30 heavy (non-hydrogen) atoms.